The minimum Gasteiger partial charge on any atom is -0.320 e. The van der Waals surface area contributed by atoms with Crippen LogP contribution in [-0.2, 0) is 0 Å². The van der Waals surface area contributed by atoms with Crippen molar-refractivity contribution in [2.45, 2.75) is 6.92 Å². The zero-order valence-electron chi connectivity index (χ0n) is 9.00. The van der Waals surface area contributed by atoms with E-state index in [-0.39, 0.29) is 17.2 Å². The molecule has 0 saturated carbocycles. The largest absolute Gasteiger partial charge is 0.320 e. The van der Waals surface area contributed by atoms with Crippen molar-refractivity contribution in [2.75, 3.05) is 5.32 Å². The average molecular weight is 296 g/mol. The smallest absolute Gasteiger partial charge is 0.273 e. The molecule has 3 N–H and O–H groups in total. The Labute approximate surface area is 105 Å². The van der Waals surface area contributed by atoms with E-state index in [9.17, 15) is 9.59 Å². The minimum atomic E-state index is -0.353. The first kappa shape index (κ1) is 11.7. The Kier molecular flexibility index (Phi) is 3.14. The monoisotopic (exact) mass is 295 g/mol. The number of amides is 1. The summed E-state index contributed by atoms with van der Waals surface area (Å²) < 4.78 is 0.947. The highest BCUT2D eigenvalue weighted by Crippen LogP contribution is 2.20. The molecule has 0 radical (unpaired) electrons. The van der Waals surface area contributed by atoms with E-state index in [0.717, 1.165) is 10.0 Å². The minimum absolute atomic E-state index is 0.206. The third-order valence-electron chi connectivity index (χ3n) is 2.28. The topological polar surface area (TPSA) is 77.8 Å². The van der Waals surface area contributed by atoms with Gasteiger partial charge in [-0.1, -0.05) is 15.9 Å². The van der Waals surface area contributed by atoms with Crippen LogP contribution in [0.2, 0.25) is 0 Å². The van der Waals surface area contributed by atoms with Crippen LogP contribution in [0.4, 0.5) is 5.69 Å². The molecule has 2 aromatic rings. The number of hydrogen-bond donors (Lipinski definition) is 3. The third kappa shape index (κ3) is 2.65. The van der Waals surface area contributed by atoms with Gasteiger partial charge in [0.15, 0.2) is 0 Å². The molecule has 0 aliphatic heterocycles. The number of benzene rings is 1. The molecule has 0 spiro atoms. The van der Waals surface area contributed by atoms with Gasteiger partial charge in [-0.25, -0.2) is 0 Å². The van der Waals surface area contributed by atoms with E-state index < -0.39 is 0 Å². The molecule has 88 valence electrons. The molecule has 0 bridgehead atoms. The average Bonchev–Trinajstić information content (AvgIpc) is 2.69. The fourth-order valence-corrected chi connectivity index (χ4v) is 1.89. The Morgan fingerprint density at radius 2 is 2.06 bits per heavy atom. The second-order valence-electron chi connectivity index (χ2n) is 3.59. The Bertz CT molecular complexity index is 615. The molecule has 0 unspecified atom stereocenters. The van der Waals surface area contributed by atoms with Gasteiger partial charge in [-0.05, 0) is 30.7 Å². The van der Waals surface area contributed by atoms with E-state index in [1.807, 2.05) is 19.1 Å². The number of carbonyl (C=O) groups is 1. The highest BCUT2D eigenvalue weighted by molar-refractivity contribution is 9.10. The zero-order chi connectivity index (χ0) is 12.4. The molecule has 17 heavy (non-hydrogen) atoms. The molecule has 0 aliphatic rings. The number of aryl methyl sites for hydroxylation is 1. The lowest BCUT2D eigenvalue weighted by Crippen LogP contribution is -2.13. The van der Waals surface area contributed by atoms with Crippen molar-refractivity contribution in [3.63, 3.8) is 0 Å². The fraction of sp³-hybridized carbons (Fsp3) is 0.0909. The molecule has 1 amide bonds. The Morgan fingerprint density at radius 3 is 2.65 bits per heavy atom. The molecule has 0 fully saturated rings. The summed E-state index contributed by atoms with van der Waals surface area (Å²) in [5.74, 6) is -0.353. The van der Waals surface area contributed by atoms with Gasteiger partial charge in [0, 0.05) is 16.2 Å². The number of carbonyl (C=O) groups excluding carboxylic acids is 1. The zero-order valence-corrected chi connectivity index (χ0v) is 10.6. The lowest BCUT2D eigenvalue weighted by Gasteiger charge is -2.07. The summed E-state index contributed by atoms with van der Waals surface area (Å²) in [7, 11) is 0. The summed E-state index contributed by atoms with van der Waals surface area (Å²) in [5, 5.41) is 7.52. The maximum absolute atomic E-state index is 11.8. The normalized spacial score (nSPS) is 10.2. The van der Waals surface area contributed by atoms with E-state index in [0.29, 0.717) is 5.69 Å². The summed E-state index contributed by atoms with van der Waals surface area (Å²) in [6, 6.07) is 6.74. The van der Waals surface area contributed by atoms with Crippen LogP contribution >= 0.6 is 15.9 Å². The van der Waals surface area contributed by atoms with Crippen LogP contribution in [0.3, 0.4) is 0 Å². The van der Waals surface area contributed by atoms with Crippen molar-refractivity contribution >= 4 is 27.5 Å². The van der Waals surface area contributed by atoms with Crippen LogP contribution in [-0.4, -0.2) is 16.1 Å². The highest BCUT2D eigenvalue weighted by Gasteiger charge is 2.09. The van der Waals surface area contributed by atoms with Gasteiger partial charge in [-0.2, -0.15) is 0 Å². The number of nitrogens with one attached hydrogen (secondary N) is 3. The van der Waals surface area contributed by atoms with Gasteiger partial charge in [0.2, 0.25) is 0 Å². The van der Waals surface area contributed by atoms with E-state index in [1.165, 1.54) is 6.07 Å². The predicted molar refractivity (Wildman–Crippen MR) is 68.2 cm³/mol. The molecule has 0 atom stereocenters. The molecule has 0 saturated heterocycles. The van der Waals surface area contributed by atoms with E-state index in [1.54, 1.807) is 6.07 Å². The number of aromatic amines is 2. The van der Waals surface area contributed by atoms with Crippen molar-refractivity contribution in [3.05, 3.63) is 50.3 Å². The van der Waals surface area contributed by atoms with Gasteiger partial charge in [-0.3, -0.25) is 19.8 Å². The molecule has 2 rings (SSSR count). The van der Waals surface area contributed by atoms with Crippen LogP contribution < -0.4 is 10.9 Å². The second-order valence-corrected chi connectivity index (χ2v) is 4.50. The standard InChI is InChI=1S/C11H10BrN3O2/c1-6-4-7(12)2-3-8(6)13-11(17)9-5-10(16)15-14-9/h2-5H,1H3,(H,13,17)(H2,14,15,16). The summed E-state index contributed by atoms with van der Waals surface area (Å²) in [6.07, 6.45) is 0. The van der Waals surface area contributed by atoms with Gasteiger partial charge in [0.1, 0.15) is 5.69 Å². The van der Waals surface area contributed by atoms with Gasteiger partial charge >= 0.3 is 0 Å². The fourth-order valence-electron chi connectivity index (χ4n) is 1.41. The number of aromatic nitrogens is 2. The molecular formula is C11H10BrN3O2. The van der Waals surface area contributed by atoms with Crippen molar-refractivity contribution < 1.29 is 4.79 Å². The third-order valence-corrected chi connectivity index (χ3v) is 2.77. The predicted octanol–water partition coefficient (Wildman–Crippen LogP) is 2.03. The summed E-state index contributed by atoms with van der Waals surface area (Å²) in [6.45, 7) is 1.89. The summed E-state index contributed by atoms with van der Waals surface area (Å²) in [5.41, 5.74) is 1.52. The molecule has 1 aromatic heterocycles. The van der Waals surface area contributed by atoms with Gasteiger partial charge in [0.25, 0.3) is 11.5 Å². The van der Waals surface area contributed by atoms with Crippen LogP contribution in [0, 0.1) is 6.92 Å². The molecule has 1 aromatic carbocycles. The molecule has 0 aliphatic carbocycles. The van der Waals surface area contributed by atoms with Crippen molar-refractivity contribution in [2.24, 2.45) is 0 Å². The number of rotatable bonds is 2. The quantitative estimate of drug-likeness (QED) is 0.793. The first-order chi connectivity index (χ1) is 8.06. The summed E-state index contributed by atoms with van der Waals surface area (Å²) >= 11 is 3.35. The lowest BCUT2D eigenvalue weighted by molar-refractivity contribution is 0.102. The molecule has 5 nitrogen and oxygen atoms in total. The van der Waals surface area contributed by atoms with Crippen LogP contribution in [0.1, 0.15) is 16.1 Å². The number of anilines is 1. The first-order valence-corrected chi connectivity index (χ1v) is 5.71. The molecular weight excluding hydrogens is 286 g/mol. The SMILES string of the molecule is Cc1cc(Br)ccc1NC(=O)c1cc(=O)[nH][nH]1. The highest BCUT2D eigenvalue weighted by atomic mass is 79.9. The van der Waals surface area contributed by atoms with E-state index in [4.69, 9.17) is 0 Å². The Morgan fingerprint density at radius 1 is 1.29 bits per heavy atom. The molecule has 6 heteroatoms. The summed E-state index contributed by atoms with van der Waals surface area (Å²) in [4.78, 5) is 22.6. The van der Waals surface area contributed by atoms with Crippen LogP contribution in [0.25, 0.3) is 0 Å². The van der Waals surface area contributed by atoms with E-state index >= 15 is 0 Å². The van der Waals surface area contributed by atoms with Crippen molar-refractivity contribution in [1.29, 1.82) is 0 Å². The first-order valence-electron chi connectivity index (χ1n) is 4.91. The number of halogens is 1. The second kappa shape index (κ2) is 4.58. The lowest BCUT2D eigenvalue weighted by atomic mass is 10.2. The van der Waals surface area contributed by atoms with Gasteiger partial charge in [-0.15, -0.1) is 0 Å². The van der Waals surface area contributed by atoms with Crippen LogP contribution in [0.5, 0.6) is 0 Å². The van der Waals surface area contributed by atoms with E-state index in [2.05, 4.69) is 31.4 Å². The van der Waals surface area contributed by atoms with Gasteiger partial charge in [0.05, 0.1) is 0 Å². The maximum atomic E-state index is 11.8. The van der Waals surface area contributed by atoms with Crippen LogP contribution in [0.15, 0.2) is 33.5 Å². The molecule has 1 heterocycles. The van der Waals surface area contributed by atoms with Gasteiger partial charge < -0.3 is 5.32 Å². The van der Waals surface area contributed by atoms with Crippen molar-refractivity contribution in [3.8, 4) is 0 Å². The Hall–Kier alpha value is -1.82. The Balaban J connectivity index is 2.21. The van der Waals surface area contributed by atoms with Crippen molar-refractivity contribution in [1.82, 2.24) is 10.2 Å². The number of hydrogen-bond acceptors (Lipinski definition) is 2. The maximum Gasteiger partial charge on any atom is 0.273 e. The number of H-pyrrole nitrogens is 2.